The lowest BCUT2D eigenvalue weighted by Gasteiger charge is -2.07. The Bertz CT molecular complexity index is 854. The second kappa shape index (κ2) is 7.53. The van der Waals surface area contributed by atoms with Gasteiger partial charge in [0.25, 0.3) is 5.91 Å². The Morgan fingerprint density at radius 3 is 2.71 bits per heavy atom. The van der Waals surface area contributed by atoms with Crippen LogP contribution in [0.4, 0.5) is 5.69 Å². The zero-order valence-corrected chi connectivity index (χ0v) is 13.9. The topological polar surface area (TPSA) is 82.3 Å². The molecule has 0 aliphatic heterocycles. The fourth-order valence-electron chi connectivity index (χ4n) is 1.97. The third-order valence-electron chi connectivity index (χ3n) is 3.31. The van der Waals surface area contributed by atoms with E-state index in [0.29, 0.717) is 16.3 Å². The zero-order valence-electron chi connectivity index (χ0n) is 13.1. The van der Waals surface area contributed by atoms with Crippen LogP contribution in [0.3, 0.4) is 0 Å². The molecule has 0 bridgehead atoms. The summed E-state index contributed by atoms with van der Waals surface area (Å²) in [6.45, 7) is 1.85. The zero-order chi connectivity index (χ0) is 17.7. The van der Waals surface area contributed by atoms with Crippen LogP contribution >= 0.6 is 11.6 Å². The lowest BCUT2D eigenvalue weighted by Crippen LogP contribution is -2.13. The molecule has 2 aromatic carbocycles. The molecule has 0 saturated heterocycles. The number of methoxy groups -OCH3 is 1. The van der Waals surface area contributed by atoms with Gasteiger partial charge in [-0.05, 0) is 48.4 Å². The number of halogens is 1. The fourth-order valence-corrected chi connectivity index (χ4v) is 2.15. The second-order valence-corrected chi connectivity index (χ2v) is 5.43. The number of rotatable bonds is 4. The number of phenols is 1. The first kappa shape index (κ1) is 17.4. The highest BCUT2D eigenvalue weighted by Gasteiger charge is 2.11. The van der Waals surface area contributed by atoms with E-state index in [9.17, 15) is 15.2 Å². The van der Waals surface area contributed by atoms with Crippen molar-refractivity contribution >= 4 is 29.3 Å². The van der Waals surface area contributed by atoms with Gasteiger partial charge in [0.05, 0.1) is 7.11 Å². The molecule has 5 nitrogen and oxygen atoms in total. The van der Waals surface area contributed by atoms with Crippen molar-refractivity contribution in [3.8, 4) is 17.6 Å². The van der Waals surface area contributed by atoms with Crippen molar-refractivity contribution in [2.45, 2.75) is 6.92 Å². The number of ether oxygens (including phenoxy) is 1. The van der Waals surface area contributed by atoms with Gasteiger partial charge in [-0.15, -0.1) is 0 Å². The van der Waals surface area contributed by atoms with Crippen LogP contribution < -0.4 is 10.1 Å². The molecular weight excluding hydrogens is 328 g/mol. The summed E-state index contributed by atoms with van der Waals surface area (Å²) >= 11 is 6.02. The molecule has 0 fully saturated rings. The van der Waals surface area contributed by atoms with Crippen molar-refractivity contribution in [1.82, 2.24) is 0 Å². The van der Waals surface area contributed by atoms with E-state index in [1.54, 1.807) is 24.3 Å². The van der Waals surface area contributed by atoms with E-state index in [0.717, 1.165) is 5.56 Å². The number of aromatic hydroxyl groups is 1. The smallest absolute Gasteiger partial charge is 0.266 e. The van der Waals surface area contributed by atoms with E-state index in [4.69, 9.17) is 16.3 Å². The normalized spacial score (nSPS) is 10.8. The van der Waals surface area contributed by atoms with Crippen LogP contribution in [0, 0.1) is 18.3 Å². The molecule has 2 N–H and O–H groups in total. The van der Waals surface area contributed by atoms with E-state index >= 15 is 0 Å². The lowest BCUT2D eigenvalue weighted by molar-refractivity contribution is -0.112. The fraction of sp³-hybridized carbons (Fsp3) is 0.111. The van der Waals surface area contributed by atoms with Crippen LogP contribution in [0.1, 0.15) is 11.1 Å². The predicted molar refractivity (Wildman–Crippen MR) is 93.1 cm³/mol. The number of benzene rings is 2. The van der Waals surface area contributed by atoms with Crippen LogP contribution in [0.15, 0.2) is 42.0 Å². The number of hydrogen-bond donors (Lipinski definition) is 2. The van der Waals surface area contributed by atoms with Crippen LogP contribution in [0.5, 0.6) is 11.5 Å². The maximum Gasteiger partial charge on any atom is 0.266 e. The minimum absolute atomic E-state index is 0.0214. The Morgan fingerprint density at radius 1 is 1.33 bits per heavy atom. The Balaban J connectivity index is 2.25. The standard InChI is InChI=1S/C18H15ClN2O3/c1-11-3-5-14(9-15(11)19)21-18(23)13(10-20)7-12-4-6-16(22)17(8-12)24-2/h3-9,22H,1-2H3,(H,21,23). The SMILES string of the molecule is COc1cc(C=C(C#N)C(=O)Nc2ccc(C)c(Cl)c2)ccc1O. The minimum Gasteiger partial charge on any atom is -0.504 e. The predicted octanol–water partition coefficient (Wildman–Crippen LogP) is 3.91. The minimum atomic E-state index is -0.551. The number of hydrogen-bond acceptors (Lipinski definition) is 4. The van der Waals surface area contributed by atoms with Gasteiger partial charge in [-0.25, -0.2) is 0 Å². The molecule has 122 valence electrons. The van der Waals surface area contributed by atoms with Crippen molar-refractivity contribution in [2.24, 2.45) is 0 Å². The van der Waals surface area contributed by atoms with Crippen molar-refractivity contribution in [1.29, 1.82) is 5.26 Å². The summed E-state index contributed by atoms with van der Waals surface area (Å²) in [7, 11) is 1.42. The number of nitrogens with zero attached hydrogens (tertiary/aromatic N) is 1. The molecule has 6 heteroatoms. The summed E-state index contributed by atoms with van der Waals surface area (Å²) in [5.74, 6) is -0.317. The molecule has 0 radical (unpaired) electrons. The van der Waals surface area contributed by atoms with Crippen molar-refractivity contribution in [3.05, 3.63) is 58.1 Å². The van der Waals surface area contributed by atoms with Gasteiger partial charge in [-0.2, -0.15) is 5.26 Å². The van der Waals surface area contributed by atoms with Crippen LogP contribution in [0.2, 0.25) is 5.02 Å². The summed E-state index contributed by atoms with van der Waals surface area (Å²) < 4.78 is 5.00. The molecule has 0 saturated carbocycles. The second-order valence-electron chi connectivity index (χ2n) is 5.02. The van der Waals surface area contributed by atoms with Crippen LogP contribution in [-0.4, -0.2) is 18.1 Å². The Labute approximate surface area is 144 Å². The molecule has 0 aliphatic carbocycles. The molecule has 0 atom stereocenters. The average Bonchev–Trinajstić information content (AvgIpc) is 2.57. The number of carbonyl (C=O) groups excluding carboxylic acids is 1. The number of nitriles is 1. The third kappa shape index (κ3) is 4.06. The summed E-state index contributed by atoms with van der Waals surface area (Å²) in [6, 6.07) is 11.5. The number of aryl methyl sites for hydroxylation is 1. The molecule has 0 aliphatic rings. The average molecular weight is 343 g/mol. The molecule has 24 heavy (non-hydrogen) atoms. The Kier molecular flexibility index (Phi) is 5.46. The van der Waals surface area contributed by atoms with Crippen molar-refractivity contribution in [3.63, 3.8) is 0 Å². The first-order valence-electron chi connectivity index (χ1n) is 7.01. The summed E-state index contributed by atoms with van der Waals surface area (Å²) in [5.41, 5.74) is 1.86. The molecule has 0 heterocycles. The number of phenolic OH excluding ortho intramolecular Hbond substituents is 1. The number of anilines is 1. The maximum atomic E-state index is 12.2. The summed E-state index contributed by atoms with van der Waals surface area (Å²) in [5, 5.41) is 22.0. The van der Waals surface area contributed by atoms with Gasteiger partial charge in [-0.3, -0.25) is 4.79 Å². The van der Waals surface area contributed by atoms with Gasteiger partial charge in [0.15, 0.2) is 11.5 Å². The summed E-state index contributed by atoms with van der Waals surface area (Å²) in [4.78, 5) is 12.2. The van der Waals surface area contributed by atoms with Gasteiger partial charge in [-0.1, -0.05) is 23.7 Å². The molecule has 2 aromatic rings. The van der Waals surface area contributed by atoms with Crippen LogP contribution in [0.25, 0.3) is 6.08 Å². The Hall–Kier alpha value is -2.97. The monoisotopic (exact) mass is 342 g/mol. The highest BCUT2D eigenvalue weighted by Crippen LogP contribution is 2.27. The molecule has 1 amide bonds. The highest BCUT2D eigenvalue weighted by atomic mass is 35.5. The number of nitrogens with one attached hydrogen (secondary N) is 1. The van der Waals surface area contributed by atoms with Gasteiger partial charge >= 0.3 is 0 Å². The van der Waals surface area contributed by atoms with E-state index < -0.39 is 5.91 Å². The lowest BCUT2D eigenvalue weighted by atomic mass is 10.1. The summed E-state index contributed by atoms with van der Waals surface area (Å²) in [6.07, 6.45) is 1.41. The number of amides is 1. The third-order valence-corrected chi connectivity index (χ3v) is 3.72. The van der Waals surface area contributed by atoms with Gasteiger partial charge in [0.2, 0.25) is 0 Å². The van der Waals surface area contributed by atoms with Gasteiger partial charge in [0.1, 0.15) is 11.6 Å². The van der Waals surface area contributed by atoms with Crippen molar-refractivity contribution in [2.75, 3.05) is 12.4 Å². The van der Waals surface area contributed by atoms with Gasteiger partial charge in [0, 0.05) is 10.7 Å². The molecule has 0 unspecified atom stereocenters. The van der Waals surface area contributed by atoms with E-state index in [1.165, 1.54) is 25.3 Å². The molecule has 0 aromatic heterocycles. The first-order valence-corrected chi connectivity index (χ1v) is 7.38. The van der Waals surface area contributed by atoms with E-state index in [1.807, 2.05) is 13.0 Å². The molecule has 0 spiro atoms. The molecular formula is C18H15ClN2O3. The van der Waals surface area contributed by atoms with Gasteiger partial charge < -0.3 is 15.2 Å². The quantitative estimate of drug-likeness (QED) is 0.652. The van der Waals surface area contributed by atoms with Crippen LogP contribution in [-0.2, 0) is 4.79 Å². The van der Waals surface area contributed by atoms with E-state index in [-0.39, 0.29) is 17.1 Å². The maximum absolute atomic E-state index is 12.2. The largest absolute Gasteiger partial charge is 0.504 e. The molecule has 2 rings (SSSR count). The first-order chi connectivity index (χ1) is 11.4. The highest BCUT2D eigenvalue weighted by molar-refractivity contribution is 6.31. The van der Waals surface area contributed by atoms with Crippen molar-refractivity contribution < 1.29 is 14.6 Å². The van der Waals surface area contributed by atoms with E-state index in [2.05, 4.69) is 5.32 Å². The Morgan fingerprint density at radius 2 is 2.08 bits per heavy atom. The number of carbonyl (C=O) groups is 1.